The van der Waals surface area contributed by atoms with Gasteiger partial charge < -0.3 is 0 Å². The van der Waals surface area contributed by atoms with Crippen molar-refractivity contribution in [2.75, 3.05) is 12.3 Å². The number of rotatable bonds is 7. The summed E-state index contributed by atoms with van der Waals surface area (Å²) in [5, 5.41) is 2.80. The SMILES string of the molecule is CCCS(=O)(=O)NCCc1csc(-c2ccccn2)n1. The zero-order valence-corrected chi connectivity index (χ0v) is 12.9. The maximum Gasteiger partial charge on any atom is 0.211 e. The zero-order valence-electron chi connectivity index (χ0n) is 11.2. The maximum absolute atomic E-state index is 11.5. The second kappa shape index (κ2) is 6.92. The predicted molar refractivity (Wildman–Crippen MR) is 81.1 cm³/mol. The summed E-state index contributed by atoms with van der Waals surface area (Å²) < 4.78 is 25.6. The van der Waals surface area contributed by atoms with Crippen LogP contribution in [0.5, 0.6) is 0 Å². The first-order valence-corrected chi connectivity index (χ1v) is 8.97. The Bertz CT molecular complexity index is 639. The van der Waals surface area contributed by atoms with Gasteiger partial charge in [0.25, 0.3) is 0 Å². The number of sulfonamides is 1. The van der Waals surface area contributed by atoms with Gasteiger partial charge in [-0.05, 0) is 18.6 Å². The molecule has 2 aromatic rings. The van der Waals surface area contributed by atoms with Gasteiger partial charge in [-0.15, -0.1) is 11.3 Å². The number of pyridine rings is 1. The lowest BCUT2D eigenvalue weighted by atomic mass is 10.3. The molecular formula is C13H17N3O2S2. The molecule has 2 aromatic heterocycles. The lowest BCUT2D eigenvalue weighted by molar-refractivity contribution is 0.580. The molecule has 0 spiro atoms. The van der Waals surface area contributed by atoms with Crippen LogP contribution in [0.1, 0.15) is 19.0 Å². The number of nitrogens with one attached hydrogen (secondary N) is 1. The third-order valence-electron chi connectivity index (χ3n) is 2.61. The van der Waals surface area contributed by atoms with Crippen molar-refractivity contribution in [3.8, 4) is 10.7 Å². The number of aromatic nitrogens is 2. The maximum atomic E-state index is 11.5. The first-order valence-electron chi connectivity index (χ1n) is 6.44. The molecule has 0 aliphatic heterocycles. The third-order valence-corrected chi connectivity index (χ3v) is 5.11. The molecule has 0 fully saturated rings. The monoisotopic (exact) mass is 311 g/mol. The van der Waals surface area contributed by atoms with Gasteiger partial charge in [0.05, 0.1) is 17.1 Å². The molecule has 20 heavy (non-hydrogen) atoms. The fourth-order valence-corrected chi connectivity index (χ4v) is 3.63. The first kappa shape index (κ1) is 15.1. The van der Waals surface area contributed by atoms with Gasteiger partial charge in [-0.2, -0.15) is 0 Å². The molecule has 0 saturated carbocycles. The van der Waals surface area contributed by atoms with E-state index in [0.717, 1.165) is 16.4 Å². The summed E-state index contributed by atoms with van der Waals surface area (Å²) >= 11 is 1.52. The Balaban J connectivity index is 1.91. The molecule has 1 N–H and O–H groups in total. The van der Waals surface area contributed by atoms with E-state index in [1.807, 2.05) is 30.5 Å². The van der Waals surface area contributed by atoms with E-state index in [2.05, 4.69) is 14.7 Å². The summed E-state index contributed by atoms with van der Waals surface area (Å²) in [6, 6.07) is 5.69. The van der Waals surface area contributed by atoms with E-state index in [1.165, 1.54) is 11.3 Å². The van der Waals surface area contributed by atoms with Crippen molar-refractivity contribution >= 4 is 21.4 Å². The summed E-state index contributed by atoms with van der Waals surface area (Å²) in [5.74, 6) is 0.170. The molecule has 0 aliphatic rings. The van der Waals surface area contributed by atoms with E-state index in [9.17, 15) is 8.42 Å². The molecule has 0 saturated heterocycles. The molecule has 0 aliphatic carbocycles. The van der Waals surface area contributed by atoms with E-state index in [4.69, 9.17) is 0 Å². The van der Waals surface area contributed by atoms with Crippen LogP contribution in [-0.2, 0) is 16.4 Å². The highest BCUT2D eigenvalue weighted by Crippen LogP contribution is 2.21. The zero-order chi connectivity index (χ0) is 14.4. The van der Waals surface area contributed by atoms with Gasteiger partial charge in [-0.3, -0.25) is 4.98 Å². The molecule has 0 atom stereocenters. The van der Waals surface area contributed by atoms with E-state index >= 15 is 0 Å². The number of hydrogen-bond donors (Lipinski definition) is 1. The van der Waals surface area contributed by atoms with E-state index in [-0.39, 0.29) is 5.75 Å². The van der Waals surface area contributed by atoms with Crippen LogP contribution in [0, 0.1) is 0 Å². The van der Waals surface area contributed by atoms with Crippen LogP contribution in [0.25, 0.3) is 10.7 Å². The lowest BCUT2D eigenvalue weighted by Crippen LogP contribution is -2.28. The fourth-order valence-electron chi connectivity index (χ4n) is 1.70. The van der Waals surface area contributed by atoms with E-state index < -0.39 is 10.0 Å². The molecule has 108 valence electrons. The Morgan fingerprint density at radius 3 is 2.90 bits per heavy atom. The Hall–Kier alpha value is -1.31. The van der Waals surface area contributed by atoms with Crippen molar-refractivity contribution in [2.24, 2.45) is 0 Å². The van der Waals surface area contributed by atoms with Gasteiger partial charge in [0.2, 0.25) is 10.0 Å². The van der Waals surface area contributed by atoms with Crippen molar-refractivity contribution in [3.63, 3.8) is 0 Å². The van der Waals surface area contributed by atoms with Crippen molar-refractivity contribution in [3.05, 3.63) is 35.5 Å². The van der Waals surface area contributed by atoms with Crippen LogP contribution in [0.4, 0.5) is 0 Å². The molecule has 0 amide bonds. The molecule has 0 aromatic carbocycles. The molecule has 2 rings (SSSR count). The van der Waals surface area contributed by atoms with Crippen LogP contribution in [0.3, 0.4) is 0 Å². The minimum absolute atomic E-state index is 0.170. The lowest BCUT2D eigenvalue weighted by Gasteiger charge is -2.03. The fraction of sp³-hybridized carbons (Fsp3) is 0.385. The number of nitrogens with zero attached hydrogens (tertiary/aromatic N) is 2. The van der Waals surface area contributed by atoms with Gasteiger partial charge in [0, 0.05) is 24.5 Å². The Morgan fingerprint density at radius 2 is 2.20 bits per heavy atom. The van der Waals surface area contributed by atoms with Crippen molar-refractivity contribution < 1.29 is 8.42 Å². The van der Waals surface area contributed by atoms with Crippen molar-refractivity contribution in [1.29, 1.82) is 0 Å². The molecule has 2 heterocycles. The van der Waals surface area contributed by atoms with Crippen LogP contribution < -0.4 is 4.72 Å². The highest BCUT2D eigenvalue weighted by molar-refractivity contribution is 7.89. The third kappa shape index (κ3) is 4.36. The average molecular weight is 311 g/mol. The second-order valence-electron chi connectivity index (χ2n) is 4.32. The van der Waals surface area contributed by atoms with Gasteiger partial charge >= 0.3 is 0 Å². The van der Waals surface area contributed by atoms with Gasteiger partial charge in [0.15, 0.2) is 0 Å². The summed E-state index contributed by atoms with van der Waals surface area (Å²) in [4.78, 5) is 8.71. The van der Waals surface area contributed by atoms with Gasteiger partial charge in [-0.25, -0.2) is 18.1 Å². The molecule has 0 radical (unpaired) electrons. The molecule has 5 nitrogen and oxygen atoms in total. The summed E-state index contributed by atoms with van der Waals surface area (Å²) in [7, 11) is -3.13. The van der Waals surface area contributed by atoms with Gasteiger partial charge in [-0.1, -0.05) is 13.0 Å². The molecule has 0 unspecified atom stereocenters. The number of hydrogen-bond acceptors (Lipinski definition) is 5. The Kier molecular flexibility index (Phi) is 5.22. The summed E-state index contributed by atoms with van der Waals surface area (Å²) in [6.07, 6.45) is 2.94. The second-order valence-corrected chi connectivity index (χ2v) is 7.11. The van der Waals surface area contributed by atoms with E-state index in [0.29, 0.717) is 19.4 Å². The Labute approximate surface area is 123 Å². The Morgan fingerprint density at radius 1 is 1.35 bits per heavy atom. The standard InChI is InChI=1S/C13H17N3O2S2/c1-2-9-20(17,18)15-8-6-11-10-19-13(16-11)12-5-3-4-7-14-12/h3-5,7,10,15H,2,6,8-9H2,1H3. The molecule has 7 heteroatoms. The number of thiazole rings is 1. The summed E-state index contributed by atoms with van der Waals surface area (Å²) in [5.41, 5.74) is 1.73. The largest absolute Gasteiger partial charge is 0.254 e. The van der Waals surface area contributed by atoms with Crippen molar-refractivity contribution in [1.82, 2.24) is 14.7 Å². The van der Waals surface area contributed by atoms with Crippen LogP contribution in [-0.4, -0.2) is 30.7 Å². The van der Waals surface area contributed by atoms with Crippen LogP contribution in [0.15, 0.2) is 29.8 Å². The van der Waals surface area contributed by atoms with Crippen molar-refractivity contribution in [2.45, 2.75) is 19.8 Å². The smallest absolute Gasteiger partial charge is 0.211 e. The van der Waals surface area contributed by atoms with Gasteiger partial charge in [0.1, 0.15) is 5.01 Å². The first-order chi connectivity index (χ1) is 9.61. The molecule has 0 bridgehead atoms. The highest BCUT2D eigenvalue weighted by Gasteiger charge is 2.09. The quantitative estimate of drug-likeness (QED) is 0.849. The van der Waals surface area contributed by atoms with E-state index in [1.54, 1.807) is 6.20 Å². The van der Waals surface area contributed by atoms with Crippen LogP contribution >= 0.6 is 11.3 Å². The normalized spacial score (nSPS) is 11.7. The average Bonchev–Trinajstić information content (AvgIpc) is 2.88. The predicted octanol–water partition coefficient (Wildman–Crippen LogP) is 2.08. The highest BCUT2D eigenvalue weighted by atomic mass is 32.2. The summed E-state index contributed by atoms with van der Waals surface area (Å²) in [6.45, 7) is 2.23. The van der Waals surface area contributed by atoms with Crippen LogP contribution in [0.2, 0.25) is 0 Å². The minimum Gasteiger partial charge on any atom is -0.254 e. The minimum atomic E-state index is -3.13. The topological polar surface area (TPSA) is 72.0 Å². The molecular weight excluding hydrogens is 294 g/mol.